The van der Waals surface area contributed by atoms with Gasteiger partial charge < -0.3 is 14.6 Å². The molecule has 0 fully saturated rings. The van der Waals surface area contributed by atoms with E-state index in [1.807, 2.05) is 17.7 Å². The maximum Gasteiger partial charge on any atom is 0.333 e. The smallest absolute Gasteiger partial charge is 0.333 e. The van der Waals surface area contributed by atoms with E-state index in [0.717, 1.165) is 11.0 Å². The number of fused-ring (bicyclic) bond motifs is 1. The van der Waals surface area contributed by atoms with E-state index in [2.05, 4.69) is 10.3 Å². The first-order valence-corrected chi connectivity index (χ1v) is 5.79. The molecule has 1 aromatic heterocycles. The summed E-state index contributed by atoms with van der Waals surface area (Å²) in [5.74, 6) is -0.804. The van der Waals surface area contributed by atoms with Crippen LogP contribution in [0.2, 0.25) is 0 Å². The average molecular weight is 261 g/mol. The number of hydrogen-bond donors (Lipinski definition) is 1. The van der Waals surface area contributed by atoms with Crippen molar-refractivity contribution in [1.29, 1.82) is 0 Å². The Balaban J connectivity index is 2.43. The van der Waals surface area contributed by atoms with E-state index in [1.54, 1.807) is 18.5 Å². The summed E-state index contributed by atoms with van der Waals surface area (Å²) in [6.45, 7) is 1.36. The average Bonchev–Trinajstić information content (AvgIpc) is 2.76. The fraction of sp³-hybridized carbons (Fsp3) is 0.308. The van der Waals surface area contributed by atoms with E-state index < -0.39 is 12.0 Å². The summed E-state index contributed by atoms with van der Waals surface area (Å²) in [5.41, 5.74) is 2.36. The number of methoxy groups -OCH3 is 1. The van der Waals surface area contributed by atoms with Crippen LogP contribution in [0.25, 0.3) is 11.0 Å². The highest BCUT2D eigenvalue weighted by atomic mass is 16.5. The summed E-state index contributed by atoms with van der Waals surface area (Å²) in [5, 5.41) is 2.57. The third kappa shape index (κ3) is 2.57. The molecule has 1 aromatic carbocycles. The van der Waals surface area contributed by atoms with Crippen LogP contribution in [-0.2, 0) is 21.4 Å². The highest BCUT2D eigenvalue weighted by molar-refractivity contribution is 5.86. The number of carbonyl (C=O) groups is 2. The van der Waals surface area contributed by atoms with Crippen molar-refractivity contribution in [2.24, 2.45) is 7.05 Å². The number of carbonyl (C=O) groups excluding carboxylic acids is 2. The Hall–Kier alpha value is -2.37. The second kappa shape index (κ2) is 5.09. The molecular formula is C13H15N3O3. The summed E-state index contributed by atoms with van der Waals surface area (Å²) in [6, 6.07) is 4.60. The largest absolute Gasteiger partial charge is 0.467 e. The highest BCUT2D eigenvalue weighted by Crippen LogP contribution is 2.20. The maximum atomic E-state index is 11.7. The summed E-state index contributed by atoms with van der Waals surface area (Å²) in [6.07, 6.45) is 1.69. The Morgan fingerprint density at radius 3 is 2.79 bits per heavy atom. The van der Waals surface area contributed by atoms with Crippen molar-refractivity contribution in [3.05, 3.63) is 30.1 Å². The first-order valence-electron chi connectivity index (χ1n) is 5.79. The SMILES string of the molecule is COC(=O)C(NC(C)=O)c1ccc2c(c1)ncn2C. The Labute approximate surface area is 110 Å². The van der Waals surface area contributed by atoms with E-state index in [9.17, 15) is 9.59 Å². The van der Waals surface area contributed by atoms with Crippen molar-refractivity contribution in [1.82, 2.24) is 14.9 Å². The number of ether oxygens (including phenoxy) is 1. The Morgan fingerprint density at radius 2 is 2.16 bits per heavy atom. The van der Waals surface area contributed by atoms with Gasteiger partial charge in [-0.2, -0.15) is 0 Å². The molecule has 6 heteroatoms. The molecule has 0 radical (unpaired) electrons. The molecule has 6 nitrogen and oxygen atoms in total. The van der Waals surface area contributed by atoms with Gasteiger partial charge >= 0.3 is 5.97 Å². The van der Waals surface area contributed by atoms with Crippen LogP contribution in [0.5, 0.6) is 0 Å². The molecule has 0 bridgehead atoms. The van der Waals surface area contributed by atoms with Gasteiger partial charge in [0.1, 0.15) is 0 Å². The van der Waals surface area contributed by atoms with Crippen molar-refractivity contribution < 1.29 is 14.3 Å². The van der Waals surface area contributed by atoms with Gasteiger partial charge in [-0.3, -0.25) is 4.79 Å². The molecule has 2 rings (SSSR count). The van der Waals surface area contributed by atoms with Gasteiger partial charge in [0.05, 0.1) is 24.5 Å². The van der Waals surface area contributed by atoms with E-state index in [0.29, 0.717) is 5.56 Å². The lowest BCUT2D eigenvalue weighted by molar-refractivity contribution is -0.145. The second-order valence-corrected chi connectivity index (χ2v) is 4.26. The standard InChI is InChI=1S/C13H15N3O3/c1-8(17)15-12(13(18)19-3)9-4-5-11-10(6-9)14-7-16(11)2/h4-7,12H,1-3H3,(H,15,17). The fourth-order valence-electron chi connectivity index (χ4n) is 1.93. The molecule has 0 spiro atoms. The predicted octanol–water partition coefficient (Wildman–Crippen LogP) is 0.923. The molecule has 1 heterocycles. The normalized spacial score (nSPS) is 12.2. The van der Waals surface area contributed by atoms with Crippen LogP contribution in [0.1, 0.15) is 18.5 Å². The zero-order chi connectivity index (χ0) is 14.0. The fourth-order valence-corrected chi connectivity index (χ4v) is 1.93. The molecule has 1 atom stereocenters. The van der Waals surface area contributed by atoms with Gasteiger partial charge in [0.15, 0.2) is 6.04 Å². The van der Waals surface area contributed by atoms with Crippen molar-refractivity contribution in [2.75, 3.05) is 7.11 Å². The molecule has 0 saturated heterocycles. The first-order chi connectivity index (χ1) is 9.02. The molecule has 0 aliphatic heterocycles. The van der Waals surface area contributed by atoms with Gasteiger partial charge in [-0.15, -0.1) is 0 Å². The van der Waals surface area contributed by atoms with Crippen LogP contribution < -0.4 is 5.32 Å². The number of amides is 1. The zero-order valence-corrected chi connectivity index (χ0v) is 11.0. The number of hydrogen-bond acceptors (Lipinski definition) is 4. The third-order valence-electron chi connectivity index (χ3n) is 2.87. The lowest BCUT2D eigenvalue weighted by atomic mass is 10.1. The van der Waals surface area contributed by atoms with Crippen LogP contribution in [0.3, 0.4) is 0 Å². The van der Waals surface area contributed by atoms with Gasteiger partial charge in [-0.05, 0) is 17.7 Å². The number of esters is 1. The van der Waals surface area contributed by atoms with Crippen LogP contribution in [0, 0.1) is 0 Å². The van der Waals surface area contributed by atoms with Crippen LogP contribution in [0.15, 0.2) is 24.5 Å². The number of aromatic nitrogens is 2. The van der Waals surface area contributed by atoms with E-state index >= 15 is 0 Å². The number of nitrogens with zero attached hydrogens (tertiary/aromatic N) is 2. The Bertz CT molecular complexity index is 633. The molecule has 100 valence electrons. The van der Waals surface area contributed by atoms with Crippen molar-refractivity contribution in [3.63, 3.8) is 0 Å². The summed E-state index contributed by atoms with van der Waals surface area (Å²) >= 11 is 0. The van der Waals surface area contributed by atoms with Crippen LogP contribution in [0.4, 0.5) is 0 Å². The third-order valence-corrected chi connectivity index (χ3v) is 2.87. The summed E-state index contributed by atoms with van der Waals surface area (Å²) in [7, 11) is 3.18. The minimum atomic E-state index is -0.811. The molecular weight excluding hydrogens is 246 g/mol. The number of nitrogens with one attached hydrogen (secondary N) is 1. The van der Waals surface area contributed by atoms with Crippen molar-refractivity contribution in [3.8, 4) is 0 Å². The Kier molecular flexibility index (Phi) is 3.50. The lowest BCUT2D eigenvalue weighted by Gasteiger charge is -2.15. The maximum absolute atomic E-state index is 11.7. The number of aryl methyl sites for hydroxylation is 1. The van der Waals surface area contributed by atoms with Gasteiger partial charge in [0, 0.05) is 14.0 Å². The predicted molar refractivity (Wildman–Crippen MR) is 69.3 cm³/mol. The highest BCUT2D eigenvalue weighted by Gasteiger charge is 2.22. The first kappa shape index (κ1) is 13.1. The minimum absolute atomic E-state index is 0.295. The summed E-state index contributed by atoms with van der Waals surface area (Å²) < 4.78 is 6.59. The molecule has 0 aliphatic rings. The zero-order valence-electron chi connectivity index (χ0n) is 11.0. The van der Waals surface area contributed by atoms with Gasteiger partial charge in [-0.1, -0.05) is 6.07 Å². The minimum Gasteiger partial charge on any atom is -0.467 e. The molecule has 19 heavy (non-hydrogen) atoms. The molecule has 2 aromatic rings. The van der Waals surface area contributed by atoms with E-state index in [1.165, 1.54) is 14.0 Å². The van der Waals surface area contributed by atoms with Crippen LogP contribution >= 0.6 is 0 Å². The van der Waals surface area contributed by atoms with E-state index in [-0.39, 0.29) is 5.91 Å². The molecule has 0 aliphatic carbocycles. The van der Waals surface area contributed by atoms with Crippen LogP contribution in [-0.4, -0.2) is 28.5 Å². The monoisotopic (exact) mass is 261 g/mol. The number of benzene rings is 1. The number of rotatable bonds is 3. The van der Waals surface area contributed by atoms with Gasteiger partial charge in [-0.25, -0.2) is 9.78 Å². The van der Waals surface area contributed by atoms with Gasteiger partial charge in [0.2, 0.25) is 5.91 Å². The number of imidazole rings is 1. The topological polar surface area (TPSA) is 73.2 Å². The molecule has 1 amide bonds. The van der Waals surface area contributed by atoms with Gasteiger partial charge in [0.25, 0.3) is 0 Å². The quantitative estimate of drug-likeness (QED) is 0.834. The lowest BCUT2D eigenvalue weighted by Crippen LogP contribution is -2.32. The molecule has 1 unspecified atom stereocenters. The summed E-state index contributed by atoms with van der Waals surface area (Å²) in [4.78, 5) is 27.1. The molecule has 1 N–H and O–H groups in total. The molecule has 0 saturated carbocycles. The Morgan fingerprint density at radius 1 is 1.42 bits per heavy atom. The van der Waals surface area contributed by atoms with E-state index in [4.69, 9.17) is 4.74 Å². The van der Waals surface area contributed by atoms with Crippen molar-refractivity contribution >= 4 is 22.9 Å². The van der Waals surface area contributed by atoms with Crippen molar-refractivity contribution in [2.45, 2.75) is 13.0 Å². The second-order valence-electron chi connectivity index (χ2n) is 4.26.